The number of aromatic nitrogens is 3. The van der Waals surface area contributed by atoms with Crippen molar-refractivity contribution < 1.29 is 13.2 Å². The van der Waals surface area contributed by atoms with Gasteiger partial charge < -0.3 is 9.47 Å². The molecule has 2 atom stereocenters. The van der Waals surface area contributed by atoms with E-state index in [-0.39, 0.29) is 28.7 Å². The van der Waals surface area contributed by atoms with Gasteiger partial charge >= 0.3 is 0 Å². The first-order valence-corrected chi connectivity index (χ1v) is 11.7. The number of thioether (sulfide) groups is 1. The van der Waals surface area contributed by atoms with Crippen LogP contribution in [0.15, 0.2) is 5.16 Å². The van der Waals surface area contributed by atoms with Crippen LogP contribution < -0.4 is 0 Å². The topological polar surface area (TPSA) is 85.2 Å². The monoisotopic (exact) mass is 386 g/mol. The predicted octanol–water partition coefficient (Wildman–Crippen LogP) is 1.52. The molecule has 0 saturated carbocycles. The number of hydrogen-bond donors (Lipinski definition) is 0. The van der Waals surface area contributed by atoms with Crippen LogP contribution in [0.5, 0.6) is 0 Å². The Labute approximate surface area is 153 Å². The third-order valence-corrected chi connectivity index (χ3v) is 7.80. The molecule has 140 valence electrons. The Bertz CT molecular complexity index is 732. The van der Waals surface area contributed by atoms with Crippen LogP contribution in [0.2, 0.25) is 0 Å². The van der Waals surface area contributed by atoms with Gasteiger partial charge in [-0.15, -0.1) is 10.2 Å². The van der Waals surface area contributed by atoms with E-state index in [2.05, 4.69) is 14.8 Å². The van der Waals surface area contributed by atoms with Gasteiger partial charge in [0.25, 0.3) is 0 Å². The highest BCUT2D eigenvalue weighted by Crippen LogP contribution is 2.28. The summed E-state index contributed by atoms with van der Waals surface area (Å²) in [6, 6.07) is -0.193. The molecule has 9 heteroatoms. The summed E-state index contributed by atoms with van der Waals surface area (Å²) < 4.78 is 25.6. The van der Waals surface area contributed by atoms with Gasteiger partial charge in [-0.2, -0.15) is 0 Å². The number of carbonyl (C=O) groups is 1. The van der Waals surface area contributed by atoms with Gasteiger partial charge in [0, 0.05) is 25.6 Å². The van der Waals surface area contributed by atoms with Crippen LogP contribution in [0.3, 0.4) is 0 Å². The maximum atomic E-state index is 12.9. The molecule has 1 aromatic heterocycles. The van der Waals surface area contributed by atoms with Gasteiger partial charge in [-0.05, 0) is 33.1 Å². The molecular formula is C16H26N4O3S2. The van der Waals surface area contributed by atoms with E-state index in [1.54, 1.807) is 4.90 Å². The molecule has 0 N–H and O–H groups in total. The van der Waals surface area contributed by atoms with Gasteiger partial charge in [0.15, 0.2) is 15.0 Å². The van der Waals surface area contributed by atoms with Crippen molar-refractivity contribution in [2.45, 2.75) is 68.9 Å². The quantitative estimate of drug-likeness (QED) is 0.713. The van der Waals surface area contributed by atoms with Crippen LogP contribution >= 0.6 is 11.8 Å². The lowest BCUT2D eigenvalue weighted by Crippen LogP contribution is -2.44. The number of carbonyl (C=O) groups excluding carboxylic acids is 1. The van der Waals surface area contributed by atoms with E-state index in [1.807, 2.05) is 13.8 Å². The van der Waals surface area contributed by atoms with Crippen molar-refractivity contribution >= 4 is 27.5 Å². The first kappa shape index (κ1) is 18.7. The molecule has 7 nitrogen and oxygen atoms in total. The summed E-state index contributed by atoms with van der Waals surface area (Å²) in [6.45, 7) is 5.21. The second kappa shape index (κ2) is 7.65. The maximum Gasteiger partial charge on any atom is 0.236 e. The SMILES string of the molecule is CCN(C(=O)[C@@H](C)Sc1nnc2n1CCCCC2)[C@H]1CCS(=O)(=O)C1. The zero-order valence-corrected chi connectivity index (χ0v) is 16.5. The second-order valence-corrected chi connectivity index (χ2v) is 10.3. The summed E-state index contributed by atoms with van der Waals surface area (Å²) in [7, 11) is -3.00. The molecule has 0 radical (unpaired) electrons. The Morgan fingerprint density at radius 2 is 2.16 bits per heavy atom. The average Bonchev–Trinajstić information content (AvgIpc) is 3.02. The van der Waals surface area contributed by atoms with Crippen molar-refractivity contribution in [2.24, 2.45) is 0 Å². The van der Waals surface area contributed by atoms with Crippen LogP contribution in [-0.2, 0) is 27.6 Å². The molecule has 0 spiro atoms. The molecule has 0 unspecified atom stereocenters. The standard InChI is InChI=1S/C16H26N4O3S2/c1-3-19(13-8-10-25(22,23)11-13)15(21)12(2)24-16-18-17-14-7-5-4-6-9-20(14)16/h12-13H,3-11H2,1-2H3/t12-,13+/m1/s1. The van der Waals surface area contributed by atoms with Crippen LogP contribution in [0.25, 0.3) is 0 Å². The second-order valence-electron chi connectivity index (χ2n) is 6.80. The normalized spacial score (nSPS) is 23.7. The van der Waals surface area contributed by atoms with Crippen LogP contribution in [-0.4, -0.2) is 63.3 Å². The summed E-state index contributed by atoms with van der Waals surface area (Å²) in [6.07, 6.45) is 4.93. The Morgan fingerprint density at radius 3 is 2.84 bits per heavy atom. The Morgan fingerprint density at radius 1 is 1.36 bits per heavy atom. The lowest BCUT2D eigenvalue weighted by Gasteiger charge is -2.29. The molecule has 1 saturated heterocycles. The highest BCUT2D eigenvalue weighted by Gasteiger charge is 2.35. The smallest absolute Gasteiger partial charge is 0.236 e. The van der Waals surface area contributed by atoms with E-state index in [0.717, 1.165) is 36.8 Å². The fourth-order valence-electron chi connectivity index (χ4n) is 3.60. The van der Waals surface area contributed by atoms with Crippen molar-refractivity contribution in [1.29, 1.82) is 0 Å². The third-order valence-electron chi connectivity index (χ3n) is 4.98. The van der Waals surface area contributed by atoms with E-state index in [1.165, 1.54) is 18.2 Å². The summed E-state index contributed by atoms with van der Waals surface area (Å²) in [5.41, 5.74) is 0. The Kier molecular flexibility index (Phi) is 5.72. The van der Waals surface area contributed by atoms with E-state index in [0.29, 0.717) is 13.0 Å². The summed E-state index contributed by atoms with van der Waals surface area (Å²) in [5, 5.41) is 9.05. The molecule has 25 heavy (non-hydrogen) atoms. The van der Waals surface area contributed by atoms with Crippen LogP contribution in [0.1, 0.15) is 45.4 Å². The van der Waals surface area contributed by atoms with Crippen molar-refractivity contribution in [2.75, 3.05) is 18.1 Å². The number of amides is 1. The van der Waals surface area contributed by atoms with Gasteiger partial charge in [0.1, 0.15) is 5.82 Å². The van der Waals surface area contributed by atoms with Gasteiger partial charge in [0.2, 0.25) is 5.91 Å². The van der Waals surface area contributed by atoms with E-state index in [9.17, 15) is 13.2 Å². The van der Waals surface area contributed by atoms with E-state index < -0.39 is 9.84 Å². The minimum absolute atomic E-state index is 0.0134. The van der Waals surface area contributed by atoms with E-state index >= 15 is 0 Å². The van der Waals surface area contributed by atoms with Gasteiger partial charge in [-0.25, -0.2) is 8.42 Å². The number of aryl methyl sites for hydroxylation is 1. The number of fused-ring (bicyclic) bond motifs is 1. The minimum Gasteiger partial charge on any atom is -0.338 e. The number of rotatable bonds is 5. The first-order chi connectivity index (χ1) is 11.9. The highest BCUT2D eigenvalue weighted by molar-refractivity contribution is 8.00. The molecule has 1 aromatic rings. The zero-order valence-electron chi connectivity index (χ0n) is 14.8. The molecule has 0 bridgehead atoms. The van der Waals surface area contributed by atoms with Gasteiger partial charge in [0.05, 0.1) is 16.8 Å². The molecule has 2 aliphatic heterocycles. The van der Waals surface area contributed by atoms with Crippen molar-refractivity contribution in [3.63, 3.8) is 0 Å². The average molecular weight is 387 g/mol. The summed E-state index contributed by atoms with van der Waals surface area (Å²) >= 11 is 1.43. The maximum absolute atomic E-state index is 12.9. The Balaban J connectivity index is 1.69. The molecule has 2 aliphatic rings. The Hall–Kier alpha value is -1.09. The lowest BCUT2D eigenvalue weighted by atomic mass is 10.2. The summed E-state index contributed by atoms with van der Waals surface area (Å²) in [5.74, 6) is 1.26. The molecule has 1 fully saturated rings. The molecule has 3 rings (SSSR count). The predicted molar refractivity (Wildman–Crippen MR) is 97.3 cm³/mol. The zero-order chi connectivity index (χ0) is 18.0. The fourth-order valence-corrected chi connectivity index (χ4v) is 6.30. The van der Waals surface area contributed by atoms with Gasteiger partial charge in [-0.3, -0.25) is 4.79 Å². The third kappa shape index (κ3) is 4.19. The first-order valence-electron chi connectivity index (χ1n) is 9.01. The van der Waals surface area contributed by atoms with Crippen LogP contribution in [0.4, 0.5) is 0 Å². The summed E-state index contributed by atoms with van der Waals surface area (Å²) in [4.78, 5) is 14.6. The van der Waals surface area contributed by atoms with Crippen LogP contribution in [0, 0.1) is 0 Å². The molecule has 1 amide bonds. The van der Waals surface area contributed by atoms with Crippen molar-refractivity contribution in [3.8, 4) is 0 Å². The number of hydrogen-bond acceptors (Lipinski definition) is 6. The molecule has 0 aliphatic carbocycles. The fraction of sp³-hybridized carbons (Fsp3) is 0.812. The molecule has 0 aromatic carbocycles. The van der Waals surface area contributed by atoms with E-state index in [4.69, 9.17) is 0 Å². The number of nitrogens with zero attached hydrogens (tertiary/aromatic N) is 4. The molecular weight excluding hydrogens is 360 g/mol. The van der Waals surface area contributed by atoms with Crippen molar-refractivity contribution in [3.05, 3.63) is 5.82 Å². The lowest BCUT2D eigenvalue weighted by molar-refractivity contribution is -0.131. The minimum atomic E-state index is -3.00. The molecule has 3 heterocycles. The van der Waals surface area contributed by atoms with Crippen molar-refractivity contribution in [1.82, 2.24) is 19.7 Å². The number of sulfone groups is 1. The largest absolute Gasteiger partial charge is 0.338 e. The highest BCUT2D eigenvalue weighted by atomic mass is 32.2. The van der Waals surface area contributed by atoms with Gasteiger partial charge in [-0.1, -0.05) is 18.2 Å².